The second-order valence-corrected chi connectivity index (χ2v) is 5.97. The normalized spacial score (nSPS) is 10.7. The van der Waals surface area contributed by atoms with E-state index in [-0.39, 0.29) is 5.82 Å². The van der Waals surface area contributed by atoms with Crippen LogP contribution in [-0.4, -0.2) is 6.54 Å². The van der Waals surface area contributed by atoms with Crippen molar-refractivity contribution < 1.29 is 9.13 Å². The molecule has 0 aliphatic heterocycles. The largest absolute Gasteiger partial charge is 0.456 e. The van der Waals surface area contributed by atoms with Gasteiger partial charge in [-0.1, -0.05) is 34.5 Å². The second kappa shape index (κ2) is 7.78. The van der Waals surface area contributed by atoms with Gasteiger partial charge in [0.25, 0.3) is 0 Å². The van der Waals surface area contributed by atoms with Crippen LogP contribution in [0.5, 0.6) is 11.5 Å². The summed E-state index contributed by atoms with van der Waals surface area (Å²) in [5.41, 5.74) is 0.838. The summed E-state index contributed by atoms with van der Waals surface area (Å²) in [6.45, 7) is 3.58. The smallest absolute Gasteiger partial charge is 0.147 e. The molecule has 2 rings (SSSR count). The first kappa shape index (κ1) is 16.3. The molecule has 2 nitrogen and oxygen atoms in total. The van der Waals surface area contributed by atoms with Gasteiger partial charge in [0.1, 0.15) is 17.3 Å². The Balaban J connectivity index is 2.17. The molecule has 0 aliphatic rings. The highest BCUT2D eigenvalue weighted by atomic mass is 79.9. The Bertz CT molecular complexity index is 621. The average molecular weight is 373 g/mol. The van der Waals surface area contributed by atoms with Crippen molar-refractivity contribution in [1.29, 1.82) is 0 Å². The molecule has 0 fully saturated rings. The van der Waals surface area contributed by atoms with E-state index in [0.717, 1.165) is 23.0 Å². The Morgan fingerprint density at radius 3 is 2.81 bits per heavy atom. The van der Waals surface area contributed by atoms with Crippen LogP contribution in [-0.2, 0) is 6.54 Å². The van der Waals surface area contributed by atoms with E-state index in [1.807, 2.05) is 12.1 Å². The van der Waals surface area contributed by atoms with E-state index in [9.17, 15) is 4.39 Å². The van der Waals surface area contributed by atoms with Crippen LogP contribution >= 0.6 is 27.5 Å². The molecule has 2 aromatic carbocycles. The molecule has 0 unspecified atom stereocenters. The SMILES string of the molecule is CCCNCc1cc(F)cc(Oc2cc(Br)ccc2Cl)c1. The van der Waals surface area contributed by atoms with E-state index in [0.29, 0.717) is 23.1 Å². The van der Waals surface area contributed by atoms with E-state index >= 15 is 0 Å². The summed E-state index contributed by atoms with van der Waals surface area (Å²) in [7, 11) is 0. The van der Waals surface area contributed by atoms with Crippen molar-refractivity contribution >= 4 is 27.5 Å². The highest BCUT2D eigenvalue weighted by Gasteiger charge is 2.07. The summed E-state index contributed by atoms with van der Waals surface area (Å²) in [4.78, 5) is 0. The van der Waals surface area contributed by atoms with Gasteiger partial charge in [-0.05, 0) is 48.9 Å². The van der Waals surface area contributed by atoms with E-state index in [1.54, 1.807) is 12.1 Å². The zero-order chi connectivity index (χ0) is 15.2. The third kappa shape index (κ3) is 4.99. The fourth-order valence-electron chi connectivity index (χ4n) is 1.87. The monoisotopic (exact) mass is 371 g/mol. The van der Waals surface area contributed by atoms with E-state index in [4.69, 9.17) is 16.3 Å². The molecule has 0 bridgehead atoms. The molecular weight excluding hydrogens is 357 g/mol. The number of benzene rings is 2. The van der Waals surface area contributed by atoms with Crippen molar-refractivity contribution in [3.63, 3.8) is 0 Å². The molecular formula is C16H16BrClFNO. The van der Waals surface area contributed by atoms with Crippen LogP contribution in [0.25, 0.3) is 0 Å². The lowest BCUT2D eigenvalue weighted by Gasteiger charge is -2.10. The molecule has 5 heteroatoms. The lowest BCUT2D eigenvalue weighted by molar-refractivity contribution is 0.475. The third-order valence-electron chi connectivity index (χ3n) is 2.81. The van der Waals surface area contributed by atoms with Gasteiger partial charge in [0.05, 0.1) is 5.02 Å². The van der Waals surface area contributed by atoms with Crippen molar-refractivity contribution in [3.8, 4) is 11.5 Å². The number of hydrogen-bond donors (Lipinski definition) is 1. The Labute approximate surface area is 137 Å². The minimum Gasteiger partial charge on any atom is -0.456 e. The Morgan fingerprint density at radius 2 is 2.05 bits per heavy atom. The molecule has 0 saturated carbocycles. The first-order valence-electron chi connectivity index (χ1n) is 6.71. The first-order chi connectivity index (χ1) is 10.1. The lowest BCUT2D eigenvalue weighted by atomic mass is 10.2. The molecule has 0 amide bonds. The van der Waals surface area contributed by atoms with Crippen LogP contribution in [0.3, 0.4) is 0 Å². The summed E-state index contributed by atoms with van der Waals surface area (Å²) in [5, 5.41) is 3.71. The maximum Gasteiger partial charge on any atom is 0.147 e. The van der Waals surface area contributed by atoms with E-state index < -0.39 is 0 Å². The topological polar surface area (TPSA) is 21.3 Å². The number of hydrogen-bond acceptors (Lipinski definition) is 2. The van der Waals surface area contributed by atoms with Crippen LogP contribution in [0.2, 0.25) is 5.02 Å². The Hall–Kier alpha value is -1.10. The van der Waals surface area contributed by atoms with Crippen LogP contribution in [0, 0.1) is 5.82 Å². The fourth-order valence-corrected chi connectivity index (χ4v) is 2.37. The standard InChI is InChI=1S/C16H16BrClFNO/c1-2-5-20-10-11-6-13(19)9-14(7-11)21-16-8-12(17)3-4-15(16)18/h3-4,6-9,20H,2,5,10H2,1H3. The molecule has 0 atom stereocenters. The quantitative estimate of drug-likeness (QED) is 0.673. The third-order valence-corrected chi connectivity index (χ3v) is 3.61. The molecule has 0 aromatic heterocycles. The molecule has 0 aliphatic carbocycles. The van der Waals surface area contributed by atoms with Gasteiger partial charge in [0.2, 0.25) is 0 Å². The van der Waals surface area contributed by atoms with Crippen LogP contribution in [0.15, 0.2) is 40.9 Å². The zero-order valence-electron chi connectivity index (χ0n) is 11.6. The Morgan fingerprint density at radius 1 is 1.24 bits per heavy atom. The number of rotatable bonds is 6. The second-order valence-electron chi connectivity index (χ2n) is 4.65. The van der Waals surface area contributed by atoms with Gasteiger partial charge in [-0.2, -0.15) is 0 Å². The lowest BCUT2D eigenvalue weighted by Crippen LogP contribution is -2.13. The molecule has 1 N–H and O–H groups in total. The van der Waals surface area contributed by atoms with Crippen molar-refractivity contribution in [1.82, 2.24) is 5.32 Å². The highest BCUT2D eigenvalue weighted by Crippen LogP contribution is 2.32. The summed E-state index contributed by atoms with van der Waals surface area (Å²) in [6, 6.07) is 9.95. The molecule has 112 valence electrons. The van der Waals surface area contributed by atoms with Gasteiger partial charge < -0.3 is 10.1 Å². The zero-order valence-corrected chi connectivity index (χ0v) is 14.0. The van der Waals surface area contributed by atoms with Crippen LogP contribution in [0.1, 0.15) is 18.9 Å². The maximum absolute atomic E-state index is 13.7. The first-order valence-corrected chi connectivity index (χ1v) is 7.88. The number of nitrogens with one attached hydrogen (secondary N) is 1. The van der Waals surface area contributed by atoms with Gasteiger partial charge >= 0.3 is 0 Å². The minimum absolute atomic E-state index is 0.327. The molecule has 21 heavy (non-hydrogen) atoms. The van der Waals surface area contributed by atoms with Crippen molar-refractivity contribution in [2.75, 3.05) is 6.54 Å². The summed E-state index contributed by atoms with van der Waals surface area (Å²) in [6.07, 6.45) is 1.03. The molecule has 0 saturated heterocycles. The maximum atomic E-state index is 13.7. The van der Waals surface area contributed by atoms with Crippen molar-refractivity contribution in [3.05, 3.63) is 57.3 Å². The molecule has 0 spiro atoms. The summed E-state index contributed by atoms with van der Waals surface area (Å²) < 4.78 is 20.2. The van der Waals surface area contributed by atoms with E-state index in [1.165, 1.54) is 12.1 Å². The van der Waals surface area contributed by atoms with Crippen LogP contribution < -0.4 is 10.1 Å². The van der Waals surface area contributed by atoms with Gasteiger partial charge in [-0.15, -0.1) is 0 Å². The predicted octanol–water partition coefficient (Wildman–Crippen LogP) is 5.53. The molecule has 2 aromatic rings. The fraction of sp³-hybridized carbons (Fsp3) is 0.250. The summed E-state index contributed by atoms with van der Waals surface area (Å²) >= 11 is 9.43. The minimum atomic E-state index is -0.327. The van der Waals surface area contributed by atoms with Gasteiger partial charge in [0.15, 0.2) is 0 Å². The molecule has 0 radical (unpaired) electrons. The van der Waals surface area contributed by atoms with Gasteiger partial charge in [-0.3, -0.25) is 0 Å². The van der Waals surface area contributed by atoms with Crippen molar-refractivity contribution in [2.45, 2.75) is 19.9 Å². The van der Waals surface area contributed by atoms with E-state index in [2.05, 4.69) is 28.2 Å². The Kier molecular flexibility index (Phi) is 6.03. The molecule has 0 heterocycles. The highest BCUT2D eigenvalue weighted by molar-refractivity contribution is 9.10. The van der Waals surface area contributed by atoms with Crippen LogP contribution in [0.4, 0.5) is 4.39 Å². The predicted molar refractivity (Wildman–Crippen MR) is 87.6 cm³/mol. The van der Waals surface area contributed by atoms with Gasteiger partial charge in [-0.25, -0.2) is 4.39 Å². The van der Waals surface area contributed by atoms with Gasteiger partial charge in [0, 0.05) is 17.1 Å². The summed E-state index contributed by atoms with van der Waals surface area (Å²) in [5.74, 6) is 0.597. The number of ether oxygens (including phenoxy) is 1. The average Bonchev–Trinajstić information content (AvgIpc) is 2.43. The van der Waals surface area contributed by atoms with Crippen molar-refractivity contribution in [2.24, 2.45) is 0 Å². The number of halogens is 3.